The minimum atomic E-state index is 0. The van der Waals surface area contributed by atoms with E-state index in [4.69, 9.17) is 0 Å². The van der Waals surface area contributed by atoms with Crippen molar-refractivity contribution in [2.75, 3.05) is 24.5 Å². The molecule has 1 atom stereocenters. The lowest BCUT2D eigenvalue weighted by Gasteiger charge is -2.39. The Morgan fingerprint density at radius 2 is 1.61 bits per heavy atom. The number of benzene rings is 2. The first-order valence-corrected chi connectivity index (χ1v) is 10.3. The molecule has 1 aliphatic heterocycles. The number of rotatable bonds is 7. The fraction of sp³-hybridized carbons (Fsp3) is 0.458. The van der Waals surface area contributed by atoms with Crippen molar-refractivity contribution < 1.29 is 4.79 Å². The summed E-state index contributed by atoms with van der Waals surface area (Å²) in [5, 5.41) is 0. The molecule has 0 saturated carbocycles. The van der Waals surface area contributed by atoms with E-state index in [9.17, 15) is 4.79 Å². The first-order valence-electron chi connectivity index (χ1n) is 10.3. The minimum Gasteiger partial charge on any atom is -0.309 e. The van der Waals surface area contributed by atoms with Crippen LogP contribution >= 0.6 is 12.4 Å². The van der Waals surface area contributed by atoms with Crippen LogP contribution < -0.4 is 4.90 Å². The van der Waals surface area contributed by atoms with Gasteiger partial charge in [0.1, 0.15) is 0 Å². The van der Waals surface area contributed by atoms with E-state index < -0.39 is 0 Å². The van der Waals surface area contributed by atoms with Crippen molar-refractivity contribution in [1.29, 1.82) is 0 Å². The Hall–Kier alpha value is -1.84. The van der Waals surface area contributed by atoms with Gasteiger partial charge in [-0.25, -0.2) is 0 Å². The molecule has 3 rings (SSSR count). The number of amides is 1. The van der Waals surface area contributed by atoms with Crippen LogP contribution in [0.25, 0.3) is 0 Å². The Kier molecular flexibility index (Phi) is 9.01. The second-order valence-corrected chi connectivity index (χ2v) is 7.66. The molecule has 1 heterocycles. The summed E-state index contributed by atoms with van der Waals surface area (Å²) in [5.41, 5.74) is 2.45. The van der Waals surface area contributed by atoms with Crippen LogP contribution in [-0.4, -0.2) is 36.5 Å². The maximum atomic E-state index is 13.1. The fourth-order valence-corrected chi connectivity index (χ4v) is 3.85. The van der Waals surface area contributed by atoms with Gasteiger partial charge in [-0.2, -0.15) is 0 Å². The molecular weight excluding hydrogens is 368 g/mol. The summed E-state index contributed by atoms with van der Waals surface area (Å²) in [5.74, 6) is 0.341. The molecule has 2 aromatic rings. The van der Waals surface area contributed by atoms with Gasteiger partial charge < -0.3 is 9.80 Å². The van der Waals surface area contributed by atoms with Crippen LogP contribution in [0.5, 0.6) is 0 Å². The summed E-state index contributed by atoms with van der Waals surface area (Å²) in [7, 11) is 0. The van der Waals surface area contributed by atoms with Crippen LogP contribution in [0, 0.1) is 5.92 Å². The number of para-hydroxylation sites is 1. The molecule has 1 unspecified atom stereocenters. The Balaban J connectivity index is 0.00000280. The van der Waals surface area contributed by atoms with Gasteiger partial charge in [0.15, 0.2) is 0 Å². The van der Waals surface area contributed by atoms with Crippen molar-refractivity contribution in [3.8, 4) is 0 Å². The number of piperidine rings is 1. The predicted octanol–water partition coefficient (Wildman–Crippen LogP) is 5.19. The second-order valence-electron chi connectivity index (χ2n) is 7.66. The standard InChI is InChI=1S/C24H32N2O.ClH/c1-3-20(2)24(27)26(22-12-8-5-9-13-22)23-15-18-25(19-16-23)17-14-21-10-6-4-7-11-21;/h4-13,20,23H,3,14-19H2,1-2H3;1H. The van der Waals surface area contributed by atoms with Crippen LogP contribution in [0.4, 0.5) is 5.69 Å². The Labute approximate surface area is 176 Å². The Morgan fingerprint density at radius 3 is 2.18 bits per heavy atom. The van der Waals surface area contributed by atoms with Crippen molar-refractivity contribution in [3.63, 3.8) is 0 Å². The van der Waals surface area contributed by atoms with Gasteiger partial charge in [-0.3, -0.25) is 4.79 Å². The molecule has 1 fully saturated rings. The summed E-state index contributed by atoms with van der Waals surface area (Å²) in [6, 6.07) is 21.2. The smallest absolute Gasteiger partial charge is 0.230 e. The molecule has 0 N–H and O–H groups in total. The van der Waals surface area contributed by atoms with Crippen molar-refractivity contribution in [3.05, 3.63) is 66.2 Å². The van der Waals surface area contributed by atoms with Gasteiger partial charge in [0, 0.05) is 37.3 Å². The lowest BCUT2D eigenvalue weighted by molar-refractivity contribution is -0.122. The lowest BCUT2D eigenvalue weighted by atomic mass is 9.98. The molecule has 28 heavy (non-hydrogen) atoms. The molecule has 1 aliphatic rings. The first kappa shape index (κ1) is 22.4. The van der Waals surface area contributed by atoms with E-state index in [2.05, 4.69) is 59.2 Å². The third kappa shape index (κ3) is 5.83. The molecule has 3 nitrogen and oxygen atoms in total. The van der Waals surface area contributed by atoms with E-state index in [-0.39, 0.29) is 24.2 Å². The molecule has 4 heteroatoms. The average Bonchev–Trinajstić information content (AvgIpc) is 2.74. The number of hydrogen-bond donors (Lipinski definition) is 0. The number of carbonyl (C=O) groups is 1. The third-order valence-corrected chi connectivity index (χ3v) is 5.79. The van der Waals surface area contributed by atoms with E-state index in [0.717, 1.165) is 51.0 Å². The Morgan fingerprint density at radius 1 is 1.04 bits per heavy atom. The second kappa shape index (κ2) is 11.2. The molecule has 0 spiro atoms. The highest BCUT2D eigenvalue weighted by molar-refractivity contribution is 5.95. The molecule has 1 amide bonds. The third-order valence-electron chi connectivity index (χ3n) is 5.79. The summed E-state index contributed by atoms with van der Waals surface area (Å²) in [6.45, 7) is 7.37. The van der Waals surface area contributed by atoms with Crippen LogP contribution in [0.1, 0.15) is 38.7 Å². The SMILES string of the molecule is CCC(C)C(=O)N(c1ccccc1)C1CCN(CCc2ccccc2)CC1.Cl. The summed E-state index contributed by atoms with van der Waals surface area (Å²) in [4.78, 5) is 17.7. The number of anilines is 1. The molecular formula is C24H33ClN2O. The van der Waals surface area contributed by atoms with Gasteiger partial charge in [-0.1, -0.05) is 62.4 Å². The van der Waals surface area contributed by atoms with Crippen LogP contribution in [0.15, 0.2) is 60.7 Å². The largest absolute Gasteiger partial charge is 0.309 e. The zero-order valence-corrected chi connectivity index (χ0v) is 17.9. The van der Waals surface area contributed by atoms with E-state index in [0.29, 0.717) is 6.04 Å². The van der Waals surface area contributed by atoms with Crippen molar-refractivity contribution in [1.82, 2.24) is 4.90 Å². The quantitative estimate of drug-likeness (QED) is 0.638. The van der Waals surface area contributed by atoms with Crippen LogP contribution in [0.2, 0.25) is 0 Å². The fourth-order valence-electron chi connectivity index (χ4n) is 3.85. The Bertz CT molecular complexity index is 699. The predicted molar refractivity (Wildman–Crippen MR) is 120 cm³/mol. The van der Waals surface area contributed by atoms with Crippen LogP contribution in [-0.2, 0) is 11.2 Å². The average molecular weight is 401 g/mol. The van der Waals surface area contributed by atoms with Crippen molar-refractivity contribution in [2.24, 2.45) is 5.92 Å². The van der Waals surface area contributed by atoms with Gasteiger partial charge in [0.25, 0.3) is 0 Å². The highest BCUT2D eigenvalue weighted by Crippen LogP contribution is 2.26. The zero-order chi connectivity index (χ0) is 19.1. The summed E-state index contributed by atoms with van der Waals surface area (Å²) >= 11 is 0. The monoisotopic (exact) mass is 400 g/mol. The van der Waals surface area contributed by atoms with Gasteiger partial charge in [-0.15, -0.1) is 12.4 Å². The summed E-state index contributed by atoms with van der Waals surface area (Å²) < 4.78 is 0. The van der Waals surface area contributed by atoms with Gasteiger partial charge in [-0.05, 0) is 43.4 Å². The lowest BCUT2D eigenvalue weighted by Crippen LogP contribution is -2.49. The summed E-state index contributed by atoms with van der Waals surface area (Å²) in [6.07, 6.45) is 4.08. The number of likely N-dealkylation sites (tertiary alicyclic amines) is 1. The number of hydrogen-bond acceptors (Lipinski definition) is 2. The molecule has 0 bridgehead atoms. The van der Waals surface area contributed by atoms with Crippen LogP contribution in [0.3, 0.4) is 0 Å². The molecule has 0 aromatic heterocycles. The molecule has 152 valence electrons. The number of halogens is 1. The maximum absolute atomic E-state index is 13.1. The van der Waals surface area contributed by atoms with E-state index in [1.54, 1.807) is 0 Å². The highest BCUT2D eigenvalue weighted by atomic mass is 35.5. The molecule has 0 radical (unpaired) electrons. The molecule has 2 aromatic carbocycles. The molecule has 0 aliphatic carbocycles. The first-order chi connectivity index (χ1) is 13.2. The molecule has 1 saturated heterocycles. The maximum Gasteiger partial charge on any atom is 0.230 e. The van der Waals surface area contributed by atoms with Gasteiger partial charge in [0.2, 0.25) is 5.91 Å². The van der Waals surface area contributed by atoms with Gasteiger partial charge >= 0.3 is 0 Å². The van der Waals surface area contributed by atoms with Gasteiger partial charge in [0.05, 0.1) is 0 Å². The van der Waals surface area contributed by atoms with E-state index in [1.165, 1.54) is 5.56 Å². The number of nitrogens with zero attached hydrogens (tertiary/aromatic N) is 2. The van der Waals surface area contributed by atoms with E-state index in [1.807, 2.05) is 25.1 Å². The minimum absolute atomic E-state index is 0. The normalized spacial score (nSPS) is 16.2. The van der Waals surface area contributed by atoms with Crippen molar-refractivity contribution in [2.45, 2.75) is 45.6 Å². The van der Waals surface area contributed by atoms with E-state index >= 15 is 0 Å². The highest BCUT2D eigenvalue weighted by Gasteiger charge is 2.30. The topological polar surface area (TPSA) is 23.6 Å². The number of carbonyl (C=O) groups excluding carboxylic acids is 1. The zero-order valence-electron chi connectivity index (χ0n) is 17.1. The van der Waals surface area contributed by atoms with Crippen molar-refractivity contribution >= 4 is 24.0 Å².